The topological polar surface area (TPSA) is 119 Å². The predicted octanol–water partition coefficient (Wildman–Crippen LogP) is 2.28. The third-order valence-corrected chi connectivity index (χ3v) is 5.39. The average Bonchev–Trinajstić information content (AvgIpc) is 2.86. The molecule has 0 aliphatic heterocycles. The zero-order valence-corrected chi connectivity index (χ0v) is 18.8. The molecule has 4 rings (SSSR count). The Morgan fingerprint density at radius 3 is 2.26 bits per heavy atom. The molecule has 0 aliphatic carbocycles. The molecule has 0 fully saturated rings. The smallest absolute Gasteiger partial charge is 0.330 e. The van der Waals surface area contributed by atoms with Crippen molar-refractivity contribution in [2.45, 2.75) is 13.1 Å². The van der Waals surface area contributed by atoms with Gasteiger partial charge in [-0.2, -0.15) is 0 Å². The Kier molecular flexibility index (Phi) is 7.14. The van der Waals surface area contributed by atoms with Gasteiger partial charge < -0.3 is 15.4 Å². The van der Waals surface area contributed by atoms with Crippen molar-refractivity contribution in [2.24, 2.45) is 0 Å². The van der Waals surface area contributed by atoms with Gasteiger partial charge in [-0.15, -0.1) is 0 Å². The van der Waals surface area contributed by atoms with Crippen molar-refractivity contribution in [3.8, 4) is 11.4 Å². The standard InChI is InChI=1S/C25H26N6O3/c1-34-13-12-30(16-19-14-27-23(28-15-19)20-10-6-3-7-11-20)21-22(26)31(25(33)29-24(21)32)17-18-8-4-2-5-9-18/h2-11,14-15H,12-13,16-17,26H2,1H3,(H,29,32,33). The molecule has 34 heavy (non-hydrogen) atoms. The van der Waals surface area contributed by atoms with Crippen LogP contribution in [0.25, 0.3) is 11.4 Å². The van der Waals surface area contributed by atoms with Crippen LogP contribution in [0.4, 0.5) is 11.5 Å². The van der Waals surface area contributed by atoms with Crippen molar-refractivity contribution in [3.63, 3.8) is 0 Å². The number of anilines is 2. The van der Waals surface area contributed by atoms with E-state index < -0.39 is 11.2 Å². The molecule has 0 saturated carbocycles. The molecule has 0 atom stereocenters. The average molecular weight is 459 g/mol. The fourth-order valence-electron chi connectivity index (χ4n) is 3.67. The summed E-state index contributed by atoms with van der Waals surface area (Å²) in [4.78, 5) is 38.5. The number of nitrogen functional groups attached to an aromatic ring is 1. The van der Waals surface area contributed by atoms with E-state index in [-0.39, 0.29) is 18.1 Å². The van der Waals surface area contributed by atoms with Crippen LogP contribution in [0.5, 0.6) is 0 Å². The number of hydrogen-bond donors (Lipinski definition) is 2. The second kappa shape index (κ2) is 10.6. The Hall–Kier alpha value is -4.24. The Labute approximate surface area is 196 Å². The number of nitrogens with one attached hydrogen (secondary N) is 1. The van der Waals surface area contributed by atoms with Crippen LogP contribution in [0.15, 0.2) is 82.6 Å². The van der Waals surface area contributed by atoms with E-state index in [9.17, 15) is 9.59 Å². The summed E-state index contributed by atoms with van der Waals surface area (Å²) in [5.74, 6) is 0.706. The van der Waals surface area contributed by atoms with Gasteiger partial charge in [0.2, 0.25) is 0 Å². The van der Waals surface area contributed by atoms with E-state index in [0.29, 0.717) is 25.5 Å². The van der Waals surface area contributed by atoms with E-state index in [1.165, 1.54) is 4.57 Å². The van der Waals surface area contributed by atoms with Crippen LogP contribution in [0.3, 0.4) is 0 Å². The molecule has 0 bridgehead atoms. The Morgan fingerprint density at radius 1 is 0.971 bits per heavy atom. The largest absolute Gasteiger partial charge is 0.383 e. The Bertz CT molecular complexity index is 1340. The second-order valence-electron chi connectivity index (χ2n) is 7.76. The number of ether oxygens (including phenoxy) is 1. The summed E-state index contributed by atoms with van der Waals surface area (Å²) < 4.78 is 6.61. The van der Waals surface area contributed by atoms with Crippen molar-refractivity contribution in [1.29, 1.82) is 0 Å². The van der Waals surface area contributed by atoms with Crippen molar-refractivity contribution in [3.05, 3.63) is 105 Å². The maximum atomic E-state index is 12.8. The number of benzene rings is 2. The summed E-state index contributed by atoms with van der Waals surface area (Å²) >= 11 is 0. The molecule has 9 nitrogen and oxygen atoms in total. The first kappa shape index (κ1) is 22.9. The highest BCUT2D eigenvalue weighted by molar-refractivity contribution is 5.63. The molecule has 0 unspecified atom stereocenters. The van der Waals surface area contributed by atoms with E-state index in [4.69, 9.17) is 10.5 Å². The van der Waals surface area contributed by atoms with Gasteiger partial charge in [0.05, 0.1) is 13.2 Å². The third kappa shape index (κ3) is 5.21. The fraction of sp³-hybridized carbons (Fsp3) is 0.200. The van der Waals surface area contributed by atoms with E-state index in [1.807, 2.05) is 60.7 Å². The molecule has 2 aromatic heterocycles. The van der Waals surface area contributed by atoms with E-state index in [1.54, 1.807) is 24.4 Å². The first-order chi connectivity index (χ1) is 16.6. The third-order valence-electron chi connectivity index (χ3n) is 5.39. The number of rotatable bonds is 9. The minimum absolute atomic E-state index is 0.0931. The summed E-state index contributed by atoms with van der Waals surface area (Å²) in [6.45, 7) is 1.30. The molecule has 0 radical (unpaired) electrons. The number of methoxy groups -OCH3 is 1. The number of nitrogens with two attached hydrogens (primary N) is 1. The fourth-order valence-corrected chi connectivity index (χ4v) is 3.67. The van der Waals surface area contributed by atoms with Crippen molar-refractivity contribution >= 4 is 11.5 Å². The number of nitrogens with zero attached hydrogens (tertiary/aromatic N) is 4. The summed E-state index contributed by atoms with van der Waals surface area (Å²) in [7, 11) is 1.58. The van der Waals surface area contributed by atoms with Gasteiger partial charge in [0.15, 0.2) is 5.82 Å². The van der Waals surface area contributed by atoms with E-state index in [2.05, 4.69) is 15.0 Å². The highest BCUT2D eigenvalue weighted by Gasteiger charge is 2.20. The van der Waals surface area contributed by atoms with Gasteiger partial charge in [-0.1, -0.05) is 60.7 Å². The quantitative estimate of drug-likeness (QED) is 0.395. The predicted molar refractivity (Wildman–Crippen MR) is 132 cm³/mol. The van der Waals surface area contributed by atoms with E-state index >= 15 is 0 Å². The number of H-pyrrole nitrogens is 1. The van der Waals surface area contributed by atoms with Gasteiger partial charge in [0.25, 0.3) is 5.56 Å². The molecule has 174 valence electrons. The molecule has 3 N–H and O–H groups in total. The monoisotopic (exact) mass is 458 g/mol. The van der Waals surface area contributed by atoms with Crippen LogP contribution >= 0.6 is 0 Å². The van der Waals surface area contributed by atoms with Gasteiger partial charge in [-0.25, -0.2) is 14.8 Å². The molecule has 0 aliphatic rings. The number of aromatic amines is 1. The molecule has 4 aromatic rings. The minimum Gasteiger partial charge on any atom is -0.383 e. The van der Waals surface area contributed by atoms with Crippen LogP contribution in [0.2, 0.25) is 0 Å². The molecular formula is C25H26N6O3. The van der Waals surface area contributed by atoms with Crippen LogP contribution in [0, 0.1) is 0 Å². The number of aromatic nitrogens is 4. The zero-order valence-electron chi connectivity index (χ0n) is 18.8. The van der Waals surface area contributed by atoms with Gasteiger partial charge >= 0.3 is 5.69 Å². The lowest BCUT2D eigenvalue weighted by Gasteiger charge is -2.26. The van der Waals surface area contributed by atoms with Gasteiger partial charge in [0.1, 0.15) is 11.5 Å². The van der Waals surface area contributed by atoms with E-state index in [0.717, 1.165) is 16.7 Å². The molecule has 0 saturated heterocycles. The number of hydrogen-bond acceptors (Lipinski definition) is 7. The van der Waals surface area contributed by atoms with Crippen molar-refractivity contribution in [2.75, 3.05) is 30.9 Å². The van der Waals surface area contributed by atoms with Crippen molar-refractivity contribution in [1.82, 2.24) is 19.5 Å². The zero-order chi connectivity index (χ0) is 23.9. The van der Waals surface area contributed by atoms with Gasteiger partial charge in [0, 0.05) is 43.7 Å². The highest BCUT2D eigenvalue weighted by Crippen LogP contribution is 2.20. The summed E-state index contributed by atoms with van der Waals surface area (Å²) in [6, 6.07) is 19.1. The maximum absolute atomic E-state index is 12.8. The summed E-state index contributed by atoms with van der Waals surface area (Å²) in [5, 5.41) is 0. The molecule has 0 spiro atoms. The lowest BCUT2D eigenvalue weighted by atomic mass is 10.2. The summed E-state index contributed by atoms with van der Waals surface area (Å²) in [5.41, 5.74) is 8.08. The lowest BCUT2D eigenvalue weighted by molar-refractivity contribution is 0.205. The molecular weight excluding hydrogens is 432 g/mol. The first-order valence-electron chi connectivity index (χ1n) is 10.8. The SMILES string of the molecule is COCCN(Cc1cnc(-c2ccccc2)nc1)c1c(N)n(Cc2ccccc2)c(=O)[nH]c1=O. The molecule has 2 heterocycles. The highest BCUT2D eigenvalue weighted by atomic mass is 16.5. The van der Waals surface area contributed by atoms with Gasteiger partial charge in [-0.3, -0.25) is 14.3 Å². The van der Waals surface area contributed by atoms with Crippen LogP contribution in [-0.4, -0.2) is 39.8 Å². The molecule has 9 heteroatoms. The maximum Gasteiger partial charge on any atom is 0.330 e. The normalized spacial score (nSPS) is 10.9. The van der Waals surface area contributed by atoms with Crippen molar-refractivity contribution < 1.29 is 4.74 Å². The Morgan fingerprint density at radius 2 is 1.62 bits per heavy atom. The Balaban J connectivity index is 1.66. The summed E-state index contributed by atoms with van der Waals surface area (Å²) in [6.07, 6.45) is 3.44. The second-order valence-corrected chi connectivity index (χ2v) is 7.76. The lowest BCUT2D eigenvalue weighted by Crippen LogP contribution is -2.39. The molecule has 0 amide bonds. The molecule has 2 aromatic carbocycles. The van der Waals surface area contributed by atoms with Crippen LogP contribution in [-0.2, 0) is 17.8 Å². The van der Waals surface area contributed by atoms with Crippen LogP contribution in [0.1, 0.15) is 11.1 Å². The van der Waals surface area contributed by atoms with Crippen LogP contribution < -0.4 is 21.9 Å². The first-order valence-corrected chi connectivity index (χ1v) is 10.8. The van der Waals surface area contributed by atoms with Gasteiger partial charge in [-0.05, 0) is 5.56 Å². The minimum atomic E-state index is -0.558.